The number of hydrogen-bond acceptors (Lipinski definition) is 1. The summed E-state index contributed by atoms with van der Waals surface area (Å²) in [6.45, 7) is 0. The second kappa shape index (κ2) is 5.39. The van der Waals surface area contributed by atoms with E-state index in [1.54, 1.807) is 0 Å². The van der Waals surface area contributed by atoms with Crippen LogP contribution in [0.25, 0.3) is 0 Å². The fourth-order valence-electron chi connectivity index (χ4n) is 1.88. The summed E-state index contributed by atoms with van der Waals surface area (Å²) in [5.74, 6) is 0. The number of hydrogen-bond donors (Lipinski definition) is 1. The van der Waals surface area contributed by atoms with Crippen LogP contribution < -0.4 is 0 Å². The topological polar surface area (TPSA) is 20.2 Å². The lowest BCUT2D eigenvalue weighted by atomic mass is 9.86. The fourth-order valence-corrected chi connectivity index (χ4v) is 2.27. The van der Waals surface area contributed by atoms with Crippen molar-refractivity contribution in [2.45, 2.75) is 11.8 Å². The van der Waals surface area contributed by atoms with E-state index in [9.17, 15) is 18.3 Å². The quantitative estimate of drug-likeness (QED) is 0.802. The molecule has 0 aliphatic heterocycles. The number of rotatable bonds is 2. The summed E-state index contributed by atoms with van der Waals surface area (Å²) in [4.78, 5) is 0. The van der Waals surface area contributed by atoms with Crippen molar-refractivity contribution in [2.24, 2.45) is 0 Å². The smallest absolute Gasteiger partial charge is 0.372 e. The molecule has 6 heteroatoms. The average Bonchev–Trinajstić information content (AvgIpc) is 2.38. The molecule has 1 atom stereocenters. The van der Waals surface area contributed by atoms with E-state index < -0.39 is 11.8 Å². The van der Waals surface area contributed by atoms with Crippen molar-refractivity contribution in [3.8, 4) is 0 Å². The van der Waals surface area contributed by atoms with E-state index in [1.165, 1.54) is 36.4 Å². The lowest BCUT2D eigenvalue weighted by Crippen LogP contribution is -2.43. The zero-order chi connectivity index (χ0) is 15.0. The zero-order valence-corrected chi connectivity index (χ0v) is 12.3. The van der Waals surface area contributed by atoms with Crippen LogP contribution in [0.4, 0.5) is 13.2 Å². The first-order valence-electron chi connectivity index (χ1n) is 5.56. The molecule has 0 spiro atoms. The van der Waals surface area contributed by atoms with Crippen molar-refractivity contribution in [3.63, 3.8) is 0 Å². The molecule has 0 aliphatic rings. The van der Waals surface area contributed by atoms with Crippen LogP contribution in [0, 0.1) is 0 Å². The van der Waals surface area contributed by atoms with E-state index in [-0.39, 0.29) is 11.1 Å². The van der Waals surface area contributed by atoms with Gasteiger partial charge in [0.25, 0.3) is 0 Å². The Morgan fingerprint density at radius 3 is 1.65 bits per heavy atom. The maximum absolute atomic E-state index is 13.4. The van der Waals surface area contributed by atoms with Crippen LogP contribution in [-0.2, 0) is 5.60 Å². The highest BCUT2D eigenvalue weighted by molar-refractivity contribution is 9.10. The van der Waals surface area contributed by atoms with Gasteiger partial charge in [0.1, 0.15) is 0 Å². The number of halogens is 5. The largest absolute Gasteiger partial charge is 0.425 e. The summed E-state index contributed by atoms with van der Waals surface area (Å²) in [7, 11) is 0. The van der Waals surface area contributed by atoms with Gasteiger partial charge in [0, 0.05) is 9.50 Å². The first-order chi connectivity index (χ1) is 9.25. The van der Waals surface area contributed by atoms with E-state index >= 15 is 0 Å². The minimum absolute atomic E-state index is 0.254. The molecule has 1 unspecified atom stereocenters. The molecular weight excluding hydrogens is 357 g/mol. The lowest BCUT2D eigenvalue weighted by Gasteiger charge is -2.31. The molecule has 106 valence electrons. The molecule has 0 aliphatic carbocycles. The third-order valence-electron chi connectivity index (χ3n) is 2.93. The maximum atomic E-state index is 13.4. The molecular formula is C14H9BrClF3O. The van der Waals surface area contributed by atoms with Crippen LogP contribution in [0.3, 0.4) is 0 Å². The van der Waals surface area contributed by atoms with E-state index in [0.717, 1.165) is 12.1 Å². The molecule has 1 nitrogen and oxygen atoms in total. The summed E-state index contributed by atoms with van der Waals surface area (Å²) in [6, 6.07) is 10.3. The highest BCUT2D eigenvalue weighted by Gasteiger charge is 2.56. The van der Waals surface area contributed by atoms with Crippen LogP contribution >= 0.6 is 27.5 Å². The van der Waals surface area contributed by atoms with Crippen molar-refractivity contribution >= 4 is 27.5 Å². The van der Waals surface area contributed by atoms with Gasteiger partial charge in [-0.25, -0.2) is 0 Å². The first-order valence-corrected chi connectivity index (χ1v) is 6.73. The minimum atomic E-state index is -4.85. The van der Waals surface area contributed by atoms with Gasteiger partial charge < -0.3 is 5.11 Å². The first kappa shape index (κ1) is 15.4. The second-order valence-corrected chi connectivity index (χ2v) is 5.57. The second-order valence-electron chi connectivity index (χ2n) is 4.22. The highest BCUT2D eigenvalue weighted by atomic mass is 79.9. The van der Waals surface area contributed by atoms with Gasteiger partial charge in [0.2, 0.25) is 5.60 Å². The third kappa shape index (κ3) is 2.71. The van der Waals surface area contributed by atoms with Gasteiger partial charge >= 0.3 is 6.18 Å². The fraction of sp³-hybridized carbons (Fsp3) is 0.143. The van der Waals surface area contributed by atoms with Crippen LogP contribution in [0.15, 0.2) is 53.0 Å². The van der Waals surface area contributed by atoms with Gasteiger partial charge in [0.15, 0.2) is 0 Å². The molecule has 2 aromatic rings. The molecule has 0 heterocycles. The van der Waals surface area contributed by atoms with Gasteiger partial charge in [-0.05, 0) is 35.4 Å². The summed E-state index contributed by atoms with van der Waals surface area (Å²) in [5, 5.41) is 10.6. The molecule has 0 saturated heterocycles. The van der Waals surface area contributed by atoms with Gasteiger partial charge in [-0.2, -0.15) is 13.2 Å². The number of alkyl halides is 3. The Balaban J connectivity index is 2.62. The van der Waals surface area contributed by atoms with E-state index in [2.05, 4.69) is 15.9 Å². The average molecular weight is 366 g/mol. The highest BCUT2D eigenvalue weighted by Crippen LogP contribution is 2.44. The summed E-state index contributed by atoms with van der Waals surface area (Å²) in [5.41, 5.74) is -3.61. The summed E-state index contributed by atoms with van der Waals surface area (Å²) < 4.78 is 40.8. The minimum Gasteiger partial charge on any atom is -0.372 e. The van der Waals surface area contributed by atoms with Crippen molar-refractivity contribution in [1.82, 2.24) is 0 Å². The predicted octanol–water partition coefficient (Wildman–Crippen LogP) is 4.90. The molecule has 2 rings (SSSR count). The van der Waals surface area contributed by atoms with Crippen molar-refractivity contribution in [3.05, 3.63) is 69.2 Å². The van der Waals surface area contributed by atoms with Crippen molar-refractivity contribution in [1.29, 1.82) is 0 Å². The van der Waals surface area contributed by atoms with Crippen LogP contribution in [0.1, 0.15) is 11.1 Å². The molecule has 20 heavy (non-hydrogen) atoms. The summed E-state index contributed by atoms with van der Waals surface area (Å²) in [6.07, 6.45) is -4.85. The van der Waals surface area contributed by atoms with Crippen molar-refractivity contribution in [2.75, 3.05) is 0 Å². The van der Waals surface area contributed by atoms with Crippen LogP contribution in [0.2, 0.25) is 5.02 Å². The van der Waals surface area contributed by atoms with Gasteiger partial charge in [0.05, 0.1) is 0 Å². The van der Waals surface area contributed by atoms with E-state index in [0.29, 0.717) is 9.50 Å². The SMILES string of the molecule is OC(c1ccc(Cl)cc1)(c1ccc(Br)cc1)C(F)(F)F. The molecule has 0 fully saturated rings. The third-order valence-corrected chi connectivity index (χ3v) is 3.71. The Hall–Kier alpha value is -1.04. The van der Waals surface area contributed by atoms with E-state index in [1.807, 2.05) is 0 Å². The Morgan fingerprint density at radius 2 is 1.25 bits per heavy atom. The van der Waals surface area contributed by atoms with Crippen molar-refractivity contribution < 1.29 is 18.3 Å². The molecule has 0 bridgehead atoms. The standard InChI is InChI=1S/C14H9BrClF3O/c15-11-5-1-9(2-6-11)13(20,14(17,18)19)10-3-7-12(16)8-4-10/h1-8,20H. The number of aliphatic hydroxyl groups is 1. The van der Waals surface area contributed by atoms with Gasteiger partial charge in [-0.15, -0.1) is 0 Å². The maximum Gasteiger partial charge on any atom is 0.425 e. The molecule has 0 saturated carbocycles. The Labute approximate surface area is 127 Å². The van der Waals surface area contributed by atoms with Gasteiger partial charge in [-0.3, -0.25) is 0 Å². The molecule has 1 N–H and O–H groups in total. The Bertz CT molecular complexity index is 548. The molecule has 0 radical (unpaired) electrons. The predicted molar refractivity (Wildman–Crippen MR) is 74.6 cm³/mol. The monoisotopic (exact) mass is 364 g/mol. The van der Waals surface area contributed by atoms with Crippen LogP contribution in [0.5, 0.6) is 0 Å². The Morgan fingerprint density at radius 1 is 0.850 bits per heavy atom. The Kier molecular flexibility index (Phi) is 4.14. The normalized spacial score (nSPS) is 14.9. The van der Waals surface area contributed by atoms with Gasteiger partial charge in [-0.1, -0.05) is 51.8 Å². The number of benzene rings is 2. The lowest BCUT2D eigenvalue weighted by molar-refractivity contribution is -0.248. The zero-order valence-electron chi connectivity index (χ0n) is 9.96. The van der Waals surface area contributed by atoms with Crippen LogP contribution in [-0.4, -0.2) is 11.3 Å². The van der Waals surface area contributed by atoms with E-state index in [4.69, 9.17) is 11.6 Å². The molecule has 2 aromatic carbocycles. The molecule has 0 aromatic heterocycles. The summed E-state index contributed by atoms with van der Waals surface area (Å²) >= 11 is 8.82. The molecule has 0 amide bonds.